The Labute approximate surface area is 197 Å². The van der Waals surface area contributed by atoms with E-state index in [4.69, 9.17) is 9.47 Å². The van der Waals surface area contributed by atoms with Crippen molar-refractivity contribution in [3.05, 3.63) is 64.4 Å². The summed E-state index contributed by atoms with van der Waals surface area (Å²) in [5.74, 6) is 0.125. The van der Waals surface area contributed by atoms with Gasteiger partial charge in [-0.25, -0.2) is 8.42 Å². The number of carbonyl (C=O) groups is 1. The average molecular weight is 488 g/mol. The third-order valence-electron chi connectivity index (χ3n) is 5.17. The number of anilines is 3. The van der Waals surface area contributed by atoms with Crippen molar-refractivity contribution in [2.45, 2.75) is 11.8 Å². The van der Waals surface area contributed by atoms with Crippen molar-refractivity contribution in [2.24, 2.45) is 0 Å². The third kappa shape index (κ3) is 5.29. The lowest BCUT2D eigenvalue weighted by Gasteiger charge is -2.30. The molecule has 1 saturated heterocycles. The van der Waals surface area contributed by atoms with E-state index >= 15 is 0 Å². The molecule has 10 heteroatoms. The van der Waals surface area contributed by atoms with Gasteiger partial charge in [0.2, 0.25) is 0 Å². The van der Waals surface area contributed by atoms with Crippen LogP contribution in [0.3, 0.4) is 0 Å². The number of aryl methyl sites for hydroxylation is 1. The number of amides is 1. The van der Waals surface area contributed by atoms with Crippen LogP contribution in [0.25, 0.3) is 0 Å². The lowest BCUT2D eigenvalue weighted by molar-refractivity contribution is 0.103. The molecule has 1 fully saturated rings. The van der Waals surface area contributed by atoms with E-state index in [2.05, 4.69) is 10.0 Å². The Morgan fingerprint density at radius 1 is 1.09 bits per heavy atom. The number of nitrogens with zero attached hydrogens (tertiary/aromatic N) is 1. The summed E-state index contributed by atoms with van der Waals surface area (Å²) in [5.41, 5.74) is 1.27. The van der Waals surface area contributed by atoms with Crippen molar-refractivity contribution >= 4 is 44.3 Å². The van der Waals surface area contributed by atoms with Crippen LogP contribution in [-0.4, -0.2) is 47.7 Å². The van der Waals surface area contributed by atoms with Gasteiger partial charge in [0, 0.05) is 23.7 Å². The Balaban J connectivity index is 1.70. The van der Waals surface area contributed by atoms with Crippen LogP contribution >= 0.6 is 11.3 Å². The second-order valence-electron chi connectivity index (χ2n) is 7.45. The first-order chi connectivity index (χ1) is 15.9. The molecule has 0 radical (unpaired) electrons. The summed E-state index contributed by atoms with van der Waals surface area (Å²) < 4.78 is 40.4. The van der Waals surface area contributed by atoms with E-state index in [1.165, 1.54) is 24.5 Å². The second-order valence-corrected chi connectivity index (χ2v) is 10.4. The molecule has 4 rings (SSSR count). The van der Waals surface area contributed by atoms with Crippen molar-refractivity contribution in [1.29, 1.82) is 0 Å². The number of methoxy groups -OCH3 is 1. The highest BCUT2D eigenvalue weighted by atomic mass is 32.2. The minimum atomic E-state index is -4.01. The topological polar surface area (TPSA) is 97.0 Å². The molecule has 8 nitrogen and oxygen atoms in total. The Morgan fingerprint density at radius 2 is 1.85 bits per heavy atom. The van der Waals surface area contributed by atoms with E-state index in [-0.39, 0.29) is 10.8 Å². The monoisotopic (exact) mass is 487 g/mol. The van der Waals surface area contributed by atoms with Gasteiger partial charge in [-0.3, -0.25) is 9.52 Å². The lowest BCUT2D eigenvalue weighted by atomic mass is 10.2. The normalized spacial score (nSPS) is 14.1. The fourth-order valence-corrected chi connectivity index (χ4v) is 5.64. The molecule has 2 heterocycles. The van der Waals surface area contributed by atoms with Crippen molar-refractivity contribution < 1.29 is 22.7 Å². The number of sulfonamides is 1. The Morgan fingerprint density at radius 3 is 2.55 bits per heavy atom. The van der Waals surface area contributed by atoms with E-state index in [9.17, 15) is 13.2 Å². The maximum atomic E-state index is 13.5. The number of nitrogens with one attached hydrogen (secondary N) is 2. The van der Waals surface area contributed by atoms with Gasteiger partial charge in [-0.15, -0.1) is 11.3 Å². The molecule has 33 heavy (non-hydrogen) atoms. The zero-order valence-electron chi connectivity index (χ0n) is 18.3. The first kappa shape index (κ1) is 23.1. The molecule has 1 aliphatic heterocycles. The molecule has 0 aliphatic carbocycles. The molecule has 1 aliphatic rings. The van der Waals surface area contributed by atoms with E-state index in [0.717, 1.165) is 4.88 Å². The first-order valence-electron chi connectivity index (χ1n) is 10.4. The quantitative estimate of drug-likeness (QED) is 0.524. The summed E-state index contributed by atoms with van der Waals surface area (Å²) >= 11 is 1.38. The smallest absolute Gasteiger partial charge is 0.265 e. The van der Waals surface area contributed by atoms with Gasteiger partial charge in [0.25, 0.3) is 15.9 Å². The number of hydrogen-bond donors (Lipinski definition) is 2. The lowest BCUT2D eigenvalue weighted by Crippen LogP contribution is -2.37. The Bertz CT molecular complexity index is 1250. The predicted molar refractivity (Wildman–Crippen MR) is 130 cm³/mol. The molecule has 174 valence electrons. The zero-order chi connectivity index (χ0) is 23.4. The largest absolute Gasteiger partial charge is 0.495 e. The van der Waals surface area contributed by atoms with Crippen LogP contribution < -0.4 is 19.7 Å². The molecule has 0 spiro atoms. The maximum Gasteiger partial charge on any atom is 0.265 e. The molecule has 2 aromatic carbocycles. The van der Waals surface area contributed by atoms with E-state index in [1.807, 2.05) is 17.9 Å². The Kier molecular flexibility index (Phi) is 6.87. The third-order valence-corrected chi connectivity index (χ3v) is 7.57. The van der Waals surface area contributed by atoms with Crippen LogP contribution in [0.1, 0.15) is 14.5 Å². The SMILES string of the molecule is COc1ccccc1NS(=O)(=O)c1cc(NC(=O)c2ccc(C)s2)ccc1N1CCOCC1. The number of para-hydroxylation sites is 2. The number of carbonyl (C=O) groups excluding carboxylic acids is 1. The standard InChI is InChI=1S/C23H25N3O5S2/c1-16-7-10-21(32-16)23(27)24-17-8-9-19(26-11-13-31-14-12-26)22(15-17)33(28,29)25-18-5-3-4-6-20(18)30-2/h3-10,15,25H,11-14H2,1-2H3,(H,24,27). The molecule has 3 aromatic rings. The van der Waals surface area contributed by atoms with Crippen molar-refractivity contribution in [2.75, 3.05) is 48.4 Å². The van der Waals surface area contributed by atoms with Crippen LogP contribution in [0.5, 0.6) is 5.75 Å². The summed E-state index contributed by atoms with van der Waals surface area (Å²) in [6.45, 7) is 4.08. The predicted octanol–water partition coefficient (Wildman–Crippen LogP) is 3.95. The molecule has 0 unspecified atom stereocenters. The van der Waals surface area contributed by atoms with Gasteiger partial charge in [0.15, 0.2) is 0 Å². The number of benzene rings is 2. The number of ether oxygens (including phenoxy) is 2. The van der Waals surface area contributed by atoms with Crippen LogP contribution in [0.2, 0.25) is 0 Å². The highest BCUT2D eigenvalue weighted by Gasteiger charge is 2.25. The van der Waals surface area contributed by atoms with Crippen LogP contribution in [0, 0.1) is 6.92 Å². The maximum absolute atomic E-state index is 13.5. The van der Waals surface area contributed by atoms with Crippen LogP contribution in [0.4, 0.5) is 17.1 Å². The molecular formula is C23H25N3O5S2. The molecule has 1 amide bonds. The minimum absolute atomic E-state index is 0.0652. The zero-order valence-corrected chi connectivity index (χ0v) is 20.0. The van der Waals surface area contributed by atoms with Gasteiger partial charge in [0.1, 0.15) is 10.6 Å². The minimum Gasteiger partial charge on any atom is -0.495 e. The molecule has 0 atom stereocenters. The van der Waals surface area contributed by atoms with Crippen LogP contribution in [0.15, 0.2) is 59.5 Å². The van der Waals surface area contributed by atoms with E-state index < -0.39 is 10.0 Å². The van der Waals surface area contributed by atoms with Gasteiger partial charge < -0.3 is 19.7 Å². The van der Waals surface area contributed by atoms with Crippen molar-refractivity contribution in [1.82, 2.24) is 0 Å². The van der Waals surface area contributed by atoms with E-state index in [1.54, 1.807) is 42.5 Å². The Hall–Kier alpha value is -3.08. The molecular weight excluding hydrogens is 462 g/mol. The average Bonchev–Trinajstić information content (AvgIpc) is 3.26. The van der Waals surface area contributed by atoms with Gasteiger partial charge in [-0.05, 0) is 49.4 Å². The number of hydrogen-bond acceptors (Lipinski definition) is 7. The van der Waals surface area contributed by atoms with Gasteiger partial charge in [-0.2, -0.15) is 0 Å². The fraction of sp³-hybridized carbons (Fsp3) is 0.261. The van der Waals surface area contributed by atoms with E-state index in [0.29, 0.717) is 54.0 Å². The highest BCUT2D eigenvalue weighted by Crippen LogP contribution is 2.33. The van der Waals surface area contributed by atoms with Crippen molar-refractivity contribution in [3.63, 3.8) is 0 Å². The molecule has 0 bridgehead atoms. The van der Waals surface area contributed by atoms with Gasteiger partial charge >= 0.3 is 0 Å². The number of morpholine rings is 1. The second kappa shape index (κ2) is 9.82. The number of thiophene rings is 1. The molecule has 0 saturated carbocycles. The fourth-order valence-electron chi connectivity index (χ4n) is 3.55. The van der Waals surface area contributed by atoms with Crippen LogP contribution in [-0.2, 0) is 14.8 Å². The highest BCUT2D eigenvalue weighted by molar-refractivity contribution is 7.93. The summed E-state index contributed by atoms with van der Waals surface area (Å²) in [4.78, 5) is 16.2. The summed E-state index contributed by atoms with van der Waals surface area (Å²) in [7, 11) is -2.53. The molecule has 1 aromatic heterocycles. The summed E-state index contributed by atoms with van der Waals surface area (Å²) in [5, 5.41) is 2.81. The number of rotatable bonds is 7. The van der Waals surface area contributed by atoms with Crippen molar-refractivity contribution in [3.8, 4) is 5.75 Å². The van der Waals surface area contributed by atoms with Gasteiger partial charge in [0.05, 0.1) is 36.6 Å². The molecule has 2 N–H and O–H groups in total. The summed E-state index contributed by atoms with van der Waals surface area (Å²) in [6.07, 6.45) is 0. The van der Waals surface area contributed by atoms with Gasteiger partial charge in [-0.1, -0.05) is 12.1 Å². The summed E-state index contributed by atoms with van der Waals surface area (Å²) in [6, 6.07) is 15.3. The first-order valence-corrected chi connectivity index (χ1v) is 12.7.